The number of nitrogens with one attached hydrogen (secondary N) is 2. The molecule has 0 aliphatic heterocycles. The summed E-state index contributed by atoms with van der Waals surface area (Å²) in [5, 5.41) is 6.28. The van der Waals surface area contributed by atoms with Crippen molar-refractivity contribution >= 4 is 17.6 Å². The molecule has 22 heavy (non-hydrogen) atoms. The zero-order chi connectivity index (χ0) is 15.8. The molecule has 0 unspecified atom stereocenters. The van der Waals surface area contributed by atoms with Gasteiger partial charge in [0, 0.05) is 18.1 Å². The molecule has 0 fully saturated rings. The third-order valence-corrected chi connectivity index (χ3v) is 3.48. The molecule has 0 aliphatic rings. The number of rotatable bonds is 6. The molecule has 2 rings (SSSR count). The van der Waals surface area contributed by atoms with Gasteiger partial charge in [0.2, 0.25) is 0 Å². The van der Waals surface area contributed by atoms with Crippen LogP contribution in [0.15, 0.2) is 48.5 Å². The van der Waals surface area contributed by atoms with Gasteiger partial charge in [-0.2, -0.15) is 0 Å². The Balaban J connectivity index is 1.61. The number of amides is 2. The Kier molecular flexibility index (Phi) is 6.22. The molecule has 0 heterocycles. The fraction of sp³-hybridized carbons (Fsp3) is 0.235. The summed E-state index contributed by atoms with van der Waals surface area (Å²) in [6, 6.07) is 13.6. The number of halogens is 2. The molecule has 0 bridgehead atoms. The standard InChI is InChI=1S/C17H18ClFN2O/c18-15-5-1-13(2-6-15)9-11-20-17(22)21-12-10-14-3-7-16(19)8-4-14/h1-8H,9-12H2,(H2,20,21,22). The third kappa shape index (κ3) is 5.74. The number of benzene rings is 2. The minimum atomic E-state index is -0.253. The largest absolute Gasteiger partial charge is 0.338 e. The van der Waals surface area contributed by atoms with E-state index in [1.807, 2.05) is 24.3 Å². The normalized spacial score (nSPS) is 10.3. The number of hydrogen-bond donors (Lipinski definition) is 2. The van der Waals surface area contributed by atoms with Crippen molar-refractivity contribution in [2.75, 3.05) is 13.1 Å². The van der Waals surface area contributed by atoms with E-state index in [2.05, 4.69) is 10.6 Å². The van der Waals surface area contributed by atoms with Crippen LogP contribution in [0.5, 0.6) is 0 Å². The van der Waals surface area contributed by atoms with Gasteiger partial charge >= 0.3 is 6.03 Å². The van der Waals surface area contributed by atoms with Crippen LogP contribution >= 0.6 is 11.6 Å². The minimum absolute atomic E-state index is 0.198. The summed E-state index contributed by atoms with van der Waals surface area (Å²) >= 11 is 5.81. The van der Waals surface area contributed by atoms with Crippen LogP contribution in [0.1, 0.15) is 11.1 Å². The molecule has 2 N–H and O–H groups in total. The lowest BCUT2D eigenvalue weighted by molar-refractivity contribution is 0.241. The lowest BCUT2D eigenvalue weighted by Crippen LogP contribution is -2.37. The van der Waals surface area contributed by atoms with E-state index < -0.39 is 0 Å². The van der Waals surface area contributed by atoms with Gasteiger partial charge in [-0.15, -0.1) is 0 Å². The highest BCUT2D eigenvalue weighted by atomic mass is 35.5. The molecule has 2 aromatic carbocycles. The predicted molar refractivity (Wildman–Crippen MR) is 86.7 cm³/mol. The second-order valence-corrected chi connectivity index (χ2v) is 5.37. The molecule has 3 nitrogen and oxygen atoms in total. The first-order valence-electron chi connectivity index (χ1n) is 7.14. The molecule has 0 atom stereocenters. The molecule has 5 heteroatoms. The Bertz CT molecular complexity index is 546. The molecule has 0 saturated heterocycles. The number of hydrogen-bond acceptors (Lipinski definition) is 1. The summed E-state index contributed by atoms with van der Waals surface area (Å²) in [4.78, 5) is 11.6. The molecule has 2 amide bonds. The van der Waals surface area contributed by atoms with Crippen LogP contribution in [0.4, 0.5) is 9.18 Å². The van der Waals surface area contributed by atoms with E-state index in [1.54, 1.807) is 12.1 Å². The van der Waals surface area contributed by atoms with Gasteiger partial charge in [0.1, 0.15) is 5.82 Å². The van der Waals surface area contributed by atoms with E-state index in [-0.39, 0.29) is 11.8 Å². The van der Waals surface area contributed by atoms with Crippen LogP contribution in [0.2, 0.25) is 5.02 Å². The second-order valence-electron chi connectivity index (χ2n) is 4.94. The van der Waals surface area contributed by atoms with Crippen molar-refractivity contribution in [3.05, 3.63) is 70.5 Å². The number of carbonyl (C=O) groups is 1. The van der Waals surface area contributed by atoms with Crippen molar-refractivity contribution in [2.45, 2.75) is 12.8 Å². The highest BCUT2D eigenvalue weighted by Gasteiger charge is 2.00. The van der Waals surface area contributed by atoms with Gasteiger partial charge in [-0.3, -0.25) is 0 Å². The van der Waals surface area contributed by atoms with Crippen LogP contribution < -0.4 is 10.6 Å². The molecule has 0 aromatic heterocycles. The number of carbonyl (C=O) groups excluding carboxylic acids is 1. The first kappa shape index (κ1) is 16.3. The van der Waals surface area contributed by atoms with Gasteiger partial charge in [-0.25, -0.2) is 9.18 Å². The highest BCUT2D eigenvalue weighted by molar-refractivity contribution is 6.30. The van der Waals surface area contributed by atoms with E-state index in [0.717, 1.165) is 17.5 Å². The van der Waals surface area contributed by atoms with Crippen molar-refractivity contribution < 1.29 is 9.18 Å². The van der Waals surface area contributed by atoms with Gasteiger partial charge in [0.15, 0.2) is 0 Å². The SMILES string of the molecule is O=C(NCCc1ccc(F)cc1)NCCc1ccc(Cl)cc1. The monoisotopic (exact) mass is 320 g/mol. The Labute approximate surface area is 134 Å². The van der Waals surface area contributed by atoms with Gasteiger partial charge in [0.05, 0.1) is 0 Å². The van der Waals surface area contributed by atoms with Gasteiger partial charge < -0.3 is 10.6 Å². The maximum absolute atomic E-state index is 12.8. The summed E-state index contributed by atoms with van der Waals surface area (Å²) in [5.41, 5.74) is 2.11. The smallest absolute Gasteiger partial charge is 0.314 e. The van der Waals surface area contributed by atoms with E-state index in [4.69, 9.17) is 11.6 Å². The van der Waals surface area contributed by atoms with Crippen LogP contribution in [0.25, 0.3) is 0 Å². The summed E-state index contributed by atoms with van der Waals surface area (Å²) in [7, 11) is 0. The summed E-state index contributed by atoms with van der Waals surface area (Å²) in [6.45, 7) is 1.07. The van der Waals surface area contributed by atoms with Crippen LogP contribution in [-0.4, -0.2) is 19.1 Å². The molecular weight excluding hydrogens is 303 g/mol. The average Bonchev–Trinajstić information content (AvgIpc) is 2.51. The Morgan fingerprint density at radius 1 is 0.864 bits per heavy atom. The van der Waals surface area contributed by atoms with Crippen molar-refractivity contribution in [3.63, 3.8) is 0 Å². The fourth-order valence-corrected chi connectivity index (χ4v) is 2.13. The molecule has 116 valence electrons. The van der Waals surface area contributed by atoms with Crippen LogP contribution in [-0.2, 0) is 12.8 Å². The fourth-order valence-electron chi connectivity index (χ4n) is 2.01. The van der Waals surface area contributed by atoms with Gasteiger partial charge in [-0.05, 0) is 48.2 Å². The van der Waals surface area contributed by atoms with Crippen LogP contribution in [0, 0.1) is 5.82 Å². The van der Waals surface area contributed by atoms with E-state index in [9.17, 15) is 9.18 Å². The molecule has 0 radical (unpaired) electrons. The van der Waals surface area contributed by atoms with Crippen molar-refractivity contribution in [1.82, 2.24) is 10.6 Å². The average molecular weight is 321 g/mol. The molecule has 0 aliphatic carbocycles. The maximum Gasteiger partial charge on any atom is 0.314 e. The first-order chi connectivity index (χ1) is 10.6. The number of urea groups is 1. The quantitative estimate of drug-likeness (QED) is 0.839. The summed E-state index contributed by atoms with van der Waals surface area (Å²) < 4.78 is 12.8. The highest BCUT2D eigenvalue weighted by Crippen LogP contribution is 2.09. The van der Waals surface area contributed by atoms with Gasteiger partial charge in [0.25, 0.3) is 0 Å². The van der Waals surface area contributed by atoms with Crippen molar-refractivity contribution in [1.29, 1.82) is 0 Å². The predicted octanol–water partition coefficient (Wildman–Crippen LogP) is 3.56. The van der Waals surface area contributed by atoms with E-state index in [1.165, 1.54) is 12.1 Å². The Hall–Kier alpha value is -2.07. The summed E-state index contributed by atoms with van der Waals surface area (Å²) in [5.74, 6) is -0.253. The van der Waals surface area contributed by atoms with Gasteiger partial charge in [-0.1, -0.05) is 35.9 Å². The maximum atomic E-state index is 12.8. The first-order valence-corrected chi connectivity index (χ1v) is 7.52. The topological polar surface area (TPSA) is 41.1 Å². The van der Waals surface area contributed by atoms with E-state index >= 15 is 0 Å². The van der Waals surface area contributed by atoms with Crippen molar-refractivity contribution in [2.24, 2.45) is 0 Å². The second kappa shape index (κ2) is 8.39. The van der Waals surface area contributed by atoms with E-state index in [0.29, 0.717) is 24.5 Å². The lowest BCUT2D eigenvalue weighted by Gasteiger charge is -2.08. The lowest BCUT2D eigenvalue weighted by atomic mass is 10.1. The molecule has 2 aromatic rings. The summed E-state index contributed by atoms with van der Waals surface area (Å²) in [6.07, 6.45) is 1.42. The Morgan fingerprint density at radius 3 is 1.82 bits per heavy atom. The Morgan fingerprint density at radius 2 is 1.32 bits per heavy atom. The zero-order valence-electron chi connectivity index (χ0n) is 12.1. The zero-order valence-corrected chi connectivity index (χ0v) is 12.9. The van der Waals surface area contributed by atoms with Crippen LogP contribution in [0.3, 0.4) is 0 Å². The van der Waals surface area contributed by atoms with Crippen molar-refractivity contribution in [3.8, 4) is 0 Å². The molecule has 0 spiro atoms. The molecule has 0 saturated carbocycles. The third-order valence-electron chi connectivity index (χ3n) is 3.22. The molecular formula is C17H18ClFN2O. The minimum Gasteiger partial charge on any atom is -0.338 e.